The molecule has 0 heterocycles. The van der Waals surface area contributed by atoms with E-state index in [1.807, 2.05) is 6.92 Å². The molecule has 1 aliphatic carbocycles. The molecule has 2 unspecified atom stereocenters. The van der Waals surface area contributed by atoms with Crippen LogP contribution in [0.5, 0.6) is 0 Å². The molecule has 0 spiro atoms. The van der Waals surface area contributed by atoms with E-state index in [9.17, 15) is 18.0 Å². The van der Waals surface area contributed by atoms with Gasteiger partial charge in [-0.3, -0.25) is 4.79 Å². The Morgan fingerprint density at radius 3 is 2.35 bits per heavy atom. The van der Waals surface area contributed by atoms with Crippen molar-refractivity contribution in [1.82, 2.24) is 4.90 Å². The lowest BCUT2D eigenvalue weighted by Gasteiger charge is -2.28. The van der Waals surface area contributed by atoms with E-state index in [1.54, 1.807) is 6.92 Å². The molecule has 1 saturated carbocycles. The summed E-state index contributed by atoms with van der Waals surface area (Å²) >= 11 is 0. The van der Waals surface area contributed by atoms with Gasteiger partial charge in [0.2, 0.25) is 5.91 Å². The van der Waals surface area contributed by atoms with Crippen LogP contribution in [0.3, 0.4) is 0 Å². The van der Waals surface area contributed by atoms with Crippen molar-refractivity contribution in [3.8, 4) is 0 Å². The largest absolute Gasteiger partial charge is 0.406 e. The second-order valence-electron chi connectivity index (χ2n) is 4.72. The molecule has 100 valence electrons. The minimum atomic E-state index is -4.35. The fourth-order valence-electron chi connectivity index (χ4n) is 1.66. The third kappa shape index (κ3) is 4.18. The molecule has 1 rings (SSSR count). The lowest BCUT2D eigenvalue weighted by atomic mass is 9.99. The number of rotatable bonds is 5. The molecule has 0 saturated heterocycles. The Morgan fingerprint density at radius 1 is 1.47 bits per heavy atom. The van der Waals surface area contributed by atoms with Crippen LogP contribution >= 0.6 is 0 Å². The third-order valence-electron chi connectivity index (χ3n) is 3.16. The molecule has 0 aromatic carbocycles. The smallest absolute Gasteiger partial charge is 0.329 e. The molecule has 0 radical (unpaired) electrons. The van der Waals surface area contributed by atoms with E-state index in [0.717, 1.165) is 4.90 Å². The molecule has 1 amide bonds. The summed E-state index contributed by atoms with van der Waals surface area (Å²) in [7, 11) is 0. The van der Waals surface area contributed by atoms with Crippen LogP contribution < -0.4 is 5.73 Å². The molecule has 0 aliphatic heterocycles. The van der Waals surface area contributed by atoms with Gasteiger partial charge in [-0.2, -0.15) is 13.2 Å². The van der Waals surface area contributed by atoms with Gasteiger partial charge in [0, 0.05) is 6.04 Å². The van der Waals surface area contributed by atoms with Gasteiger partial charge in [-0.25, -0.2) is 0 Å². The molecule has 2 N–H and O–H groups in total. The van der Waals surface area contributed by atoms with Crippen LogP contribution in [0.2, 0.25) is 0 Å². The molecule has 0 aromatic heterocycles. The predicted octanol–water partition coefficient (Wildman–Crippen LogP) is 1.91. The fourth-order valence-corrected chi connectivity index (χ4v) is 1.66. The van der Waals surface area contributed by atoms with Gasteiger partial charge in [-0.1, -0.05) is 20.3 Å². The zero-order valence-electron chi connectivity index (χ0n) is 10.1. The highest BCUT2D eigenvalue weighted by Gasteiger charge is 2.42. The van der Waals surface area contributed by atoms with Crippen LogP contribution in [0.4, 0.5) is 13.2 Å². The lowest BCUT2D eigenvalue weighted by Crippen LogP contribution is -2.50. The second-order valence-corrected chi connectivity index (χ2v) is 4.72. The summed E-state index contributed by atoms with van der Waals surface area (Å²) in [4.78, 5) is 12.8. The summed E-state index contributed by atoms with van der Waals surface area (Å²) in [6.45, 7) is 2.46. The molecule has 1 aliphatic rings. The summed E-state index contributed by atoms with van der Waals surface area (Å²) in [6, 6.07) is -1.10. The maximum absolute atomic E-state index is 12.4. The molecule has 2 atom stereocenters. The Hall–Kier alpha value is -0.780. The SMILES string of the molecule is CCC(C)C(N)C(=O)N(CC(F)(F)F)C1CC1. The molecular formula is C11H19F3N2O. The Labute approximate surface area is 99.1 Å². The Bertz CT molecular complexity index is 276. The topological polar surface area (TPSA) is 46.3 Å². The number of halogens is 3. The zero-order chi connectivity index (χ0) is 13.2. The van der Waals surface area contributed by atoms with E-state index in [4.69, 9.17) is 5.73 Å². The highest BCUT2D eigenvalue weighted by Crippen LogP contribution is 2.31. The first kappa shape index (κ1) is 14.3. The molecular weight excluding hydrogens is 233 g/mol. The number of hydrogen-bond donors (Lipinski definition) is 1. The normalized spacial score (nSPS) is 19.9. The molecule has 17 heavy (non-hydrogen) atoms. The highest BCUT2D eigenvalue weighted by molar-refractivity contribution is 5.82. The van der Waals surface area contributed by atoms with Crippen LogP contribution in [-0.4, -0.2) is 35.6 Å². The summed E-state index contributed by atoms with van der Waals surface area (Å²) in [6.07, 6.45) is -2.38. The van der Waals surface area contributed by atoms with E-state index in [1.165, 1.54) is 0 Å². The quantitative estimate of drug-likeness (QED) is 0.812. The van der Waals surface area contributed by atoms with Gasteiger partial charge in [0.05, 0.1) is 6.04 Å². The average Bonchev–Trinajstić information content (AvgIpc) is 3.05. The molecule has 3 nitrogen and oxygen atoms in total. The first-order valence-electron chi connectivity index (χ1n) is 5.89. The van der Waals surface area contributed by atoms with Gasteiger partial charge in [0.15, 0.2) is 0 Å². The van der Waals surface area contributed by atoms with Gasteiger partial charge in [0.25, 0.3) is 0 Å². The number of amides is 1. The Balaban J connectivity index is 2.67. The van der Waals surface area contributed by atoms with Crippen LogP contribution in [0.25, 0.3) is 0 Å². The van der Waals surface area contributed by atoms with Gasteiger partial charge in [-0.05, 0) is 18.8 Å². The van der Waals surface area contributed by atoms with Crippen molar-refractivity contribution in [3.05, 3.63) is 0 Å². The number of nitrogens with two attached hydrogens (primary N) is 1. The fraction of sp³-hybridized carbons (Fsp3) is 0.909. The molecule has 1 fully saturated rings. The minimum Gasteiger partial charge on any atom is -0.329 e. The number of nitrogens with zero attached hydrogens (tertiary/aromatic N) is 1. The van der Waals surface area contributed by atoms with Crippen LogP contribution in [0, 0.1) is 5.92 Å². The molecule has 6 heteroatoms. The highest BCUT2D eigenvalue weighted by atomic mass is 19.4. The van der Waals surface area contributed by atoms with Crippen molar-refractivity contribution in [3.63, 3.8) is 0 Å². The third-order valence-corrected chi connectivity index (χ3v) is 3.16. The zero-order valence-corrected chi connectivity index (χ0v) is 10.1. The van der Waals surface area contributed by atoms with Crippen molar-refractivity contribution in [1.29, 1.82) is 0 Å². The summed E-state index contributed by atoms with van der Waals surface area (Å²) < 4.78 is 37.1. The predicted molar refractivity (Wildman–Crippen MR) is 58.2 cm³/mol. The second kappa shape index (κ2) is 5.25. The number of carbonyl (C=O) groups is 1. The van der Waals surface area contributed by atoms with Gasteiger partial charge < -0.3 is 10.6 Å². The Morgan fingerprint density at radius 2 is 2.00 bits per heavy atom. The molecule has 0 bridgehead atoms. The minimum absolute atomic E-state index is 0.100. The maximum Gasteiger partial charge on any atom is 0.406 e. The molecule has 0 aromatic rings. The van der Waals surface area contributed by atoms with E-state index >= 15 is 0 Å². The number of hydrogen-bond acceptors (Lipinski definition) is 2. The Kier molecular flexibility index (Phi) is 4.41. The first-order valence-corrected chi connectivity index (χ1v) is 5.89. The van der Waals surface area contributed by atoms with E-state index in [0.29, 0.717) is 19.3 Å². The maximum atomic E-state index is 12.4. The monoisotopic (exact) mass is 252 g/mol. The van der Waals surface area contributed by atoms with Crippen LogP contribution in [0.1, 0.15) is 33.1 Å². The number of carbonyl (C=O) groups excluding carboxylic acids is 1. The van der Waals surface area contributed by atoms with Crippen molar-refractivity contribution >= 4 is 5.91 Å². The van der Waals surface area contributed by atoms with Crippen molar-refractivity contribution in [2.45, 2.75) is 51.4 Å². The summed E-state index contributed by atoms with van der Waals surface area (Å²) in [5.74, 6) is -0.670. The van der Waals surface area contributed by atoms with E-state index in [2.05, 4.69) is 0 Å². The van der Waals surface area contributed by atoms with E-state index < -0.39 is 24.7 Å². The van der Waals surface area contributed by atoms with Crippen molar-refractivity contribution < 1.29 is 18.0 Å². The van der Waals surface area contributed by atoms with Crippen molar-refractivity contribution in [2.75, 3.05) is 6.54 Å². The lowest BCUT2D eigenvalue weighted by molar-refractivity contribution is -0.163. The van der Waals surface area contributed by atoms with Gasteiger partial charge >= 0.3 is 6.18 Å². The van der Waals surface area contributed by atoms with Crippen LogP contribution in [-0.2, 0) is 4.79 Å². The standard InChI is InChI=1S/C11H19F3N2O/c1-3-7(2)9(15)10(17)16(8-4-5-8)6-11(12,13)14/h7-9H,3-6,15H2,1-2H3. The summed E-state index contributed by atoms with van der Waals surface area (Å²) in [5.41, 5.74) is 5.70. The summed E-state index contributed by atoms with van der Waals surface area (Å²) in [5, 5.41) is 0. The van der Waals surface area contributed by atoms with Gasteiger partial charge in [0.1, 0.15) is 6.54 Å². The van der Waals surface area contributed by atoms with Crippen LogP contribution in [0.15, 0.2) is 0 Å². The average molecular weight is 252 g/mol. The first-order chi connectivity index (χ1) is 7.76. The van der Waals surface area contributed by atoms with E-state index in [-0.39, 0.29) is 12.0 Å². The number of alkyl halides is 3. The van der Waals surface area contributed by atoms with Gasteiger partial charge in [-0.15, -0.1) is 0 Å². The van der Waals surface area contributed by atoms with Crippen molar-refractivity contribution in [2.24, 2.45) is 11.7 Å².